The van der Waals surface area contributed by atoms with Gasteiger partial charge in [0.25, 0.3) is 5.89 Å². The summed E-state index contributed by atoms with van der Waals surface area (Å²) in [5.74, 6) is 1.72. The number of esters is 1. The zero-order chi connectivity index (χ0) is 18.0. The van der Waals surface area contributed by atoms with Crippen molar-refractivity contribution in [2.45, 2.75) is 34.3 Å². The molecular weight excluding hydrogens is 324 g/mol. The second kappa shape index (κ2) is 6.76. The van der Waals surface area contributed by atoms with Gasteiger partial charge in [-0.05, 0) is 45.4 Å². The van der Waals surface area contributed by atoms with Crippen molar-refractivity contribution in [1.29, 1.82) is 0 Å². The minimum absolute atomic E-state index is 0.0543. The second-order valence-electron chi connectivity index (χ2n) is 5.63. The number of hydrogen-bond donors (Lipinski definition) is 0. The van der Waals surface area contributed by atoms with Crippen molar-refractivity contribution >= 4 is 12.0 Å². The van der Waals surface area contributed by atoms with Crippen LogP contribution in [0.3, 0.4) is 0 Å². The van der Waals surface area contributed by atoms with E-state index in [-0.39, 0.29) is 12.5 Å². The predicted octanol–water partition coefficient (Wildman–Crippen LogP) is 2.84. The fraction of sp³-hybridized carbons (Fsp3) is 0.294. The topological polar surface area (TPSA) is 96.2 Å². The largest absolute Gasteiger partial charge is 0.452 e. The van der Waals surface area contributed by atoms with Crippen LogP contribution >= 0.6 is 0 Å². The molecule has 0 saturated carbocycles. The number of aromatic nitrogens is 4. The highest BCUT2D eigenvalue weighted by Crippen LogP contribution is 2.21. The Morgan fingerprint density at radius 1 is 1.20 bits per heavy atom. The van der Waals surface area contributed by atoms with Crippen molar-refractivity contribution in [2.24, 2.45) is 0 Å². The van der Waals surface area contributed by atoms with Crippen molar-refractivity contribution in [3.05, 3.63) is 52.6 Å². The van der Waals surface area contributed by atoms with Crippen LogP contribution in [-0.2, 0) is 16.1 Å². The quantitative estimate of drug-likeness (QED) is 0.519. The summed E-state index contributed by atoms with van der Waals surface area (Å²) in [5, 5.41) is 7.66. The molecule has 0 N–H and O–H groups in total. The number of aryl methyl sites for hydroxylation is 3. The third kappa shape index (κ3) is 3.68. The molecule has 0 spiro atoms. The minimum Gasteiger partial charge on any atom is -0.452 e. The average molecular weight is 342 g/mol. The lowest BCUT2D eigenvalue weighted by Crippen LogP contribution is -2.01. The number of carbonyl (C=O) groups excluding carboxylic acids is 1. The summed E-state index contributed by atoms with van der Waals surface area (Å²) in [5.41, 5.74) is 2.83. The maximum absolute atomic E-state index is 11.8. The molecule has 8 nitrogen and oxygen atoms in total. The number of carbonyl (C=O) groups is 1. The van der Waals surface area contributed by atoms with E-state index in [4.69, 9.17) is 13.8 Å². The Hall–Kier alpha value is -3.16. The van der Waals surface area contributed by atoms with Crippen molar-refractivity contribution in [3.8, 4) is 5.82 Å². The van der Waals surface area contributed by atoms with E-state index in [0.29, 0.717) is 11.6 Å². The fourth-order valence-corrected chi connectivity index (χ4v) is 2.50. The van der Waals surface area contributed by atoms with Crippen LogP contribution in [0.25, 0.3) is 11.9 Å². The van der Waals surface area contributed by atoms with Gasteiger partial charge >= 0.3 is 5.97 Å². The summed E-state index contributed by atoms with van der Waals surface area (Å²) >= 11 is 0. The standard InChI is InChI=1S/C17H18N4O4/c1-10-7-14(12(3)21(10)15-8-11(2)24-20-15)5-6-17(22)23-9-16-18-13(4)19-25-16/h5-8H,9H2,1-4H3. The molecule has 0 saturated heterocycles. The lowest BCUT2D eigenvalue weighted by Gasteiger charge is -2.03. The monoisotopic (exact) mass is 342 g/mol. The van der Waals surface area contributed by atoms with Crippen LogP contribution in [0.1, 0.15) is 34.4 Å². The van der Waals surface area contributed by atoms with E-state index >= 15 is 0 Å². The summed E-state index contributed by atoms with van der Waals surface area (Å²) < 4.78 is 17.0. The van der Waals surface area contributed by atoms with Gasteiger partial charge in [0.15, 0.2) is 18.2 Å². The van der Waals surface area contributed by atoms with Gasteiger partial charge in [0.2, 0.25) is 0 Å². The molecule has 8 heteroatoms. The van der Waals surface area contributed by atoms with Gasteiger partial charge in [-0.3, -0.25) is 4.57 Å². The van der Waals surface area contributed by atoms with Crippen molar-refractivity contribution in [1.82, 2.24) is 19.9 Å². The van der Waals surface area contributed by atoms with Crippen molar-refractivity contribution in [3.63, 3.8) is 0 Å². The molecular formula is C17H18N4O4. The molecule has 0 aromatic carbocycles. The van der Waals surface area contributed by atoms with Crippen LogP contribution in [0.4, 0.5) is 0 Å². The molecule has 130 valence electrons. The predicted molar refractivity (Wildman–Crippen MR) is 87.9 cm³/mol. The first-order valence-corrected chi connectivity index (χ1v) is 7.70. The van der Waals surface area contributed by atoms with Crippen LogP contribution in [0.15, 0.2) is 27.3 Å². The second-order valence-corrected chi connectivity index (χ2v) is 5.63. The van der Waals surface area contributed by atoms with Crippen LogP contribution in [0.2, 0.25) is 0 Å². The highest BCUT2D eigenvalue weighted by atomic mass is 16.6. The molecule has 0 unspecified atom stereocenters. The summed E-state index contributed by atoms with van der Waals surface area (Å²) in [6.45, 7) is 7.39. The molecule has 3 aromatic heterocycles. The van der Waals surface area contributed by atoms with Gasteiger partial charge in [-0.1, -0.05) is 10.3 Å². The van der Waals surface area contributed by atoms with E-state index in [0.717, 1.165) is 22.7 Å². The Kier molecular flexibility index (Phi) is 4.51. The maximum atomic E-state index is 11.8. The van der Waals surface area contributed by atoms with E-state index in [2.05, 4.69) is 15.3 Å². The first-order chi connectivity index (χ1) is 11.9. The first-order valence-electron chi connectivity index (χ1n) is 7.70. The molecule has 3 rings (SSSR count). The average Bonchev–Trinajstić information content (AvgIpc) is 3.24. The Morgan fingerprint density at radius 3 is 2.64 bits per heavy atom. The van der Waals surface area contributed by atoms with E-state index in [1.165, 1.54) is 6.08 Å². The molecule has 3 aromatic rings. The van der Waals surface area contributed by atoms with Crippen LogP contribution in [0, 0.1) is 27.7 Å². The highest BCUT2D eigenvalue weighted by Gasteiger charge is 2.12. The summed E-state index contributed by atoms with van der Waals surface area (Å²) in [6.07, 6.45) is 3.07. The summed E-state index contributed by atoms with van der Waals surface area (Å²) in [6, 6.07) is 3.82. The highest BCUT2D eigenvalue weighted by molar-refractivity contribution is 5.87. The smallest absolute Gasteiger partial charge is 0.331 e. The molecule has 0 aliphatic carbocycles. The van der Waals surface area contributed by atoms with E-state index in [1.807, 2.05) is 37.5 Å². The molecule has 0 aliphatic rings. The van der Waals surface area contributed by atoms with E-state index in [9.17, 15) is 4.79 Å². The molecule has 3 heterocycles. The van der Waals surface area contributed by atoms with Gasteiger partial charge < -0.3 is 13.8 Å². The maximum Gasteiger partial charge on any atom is 0.331 e. The molecule has 0 bridgehead atoms. The van der Waals surface area contributed by atoms with Crippen LogP contribution in [-0.4, -0.2) is 25.8 Å². The van der Waals surface area contributed by atoms with Crippen LogP contribution in [0.5, 0.6) is 0 Å². The number of rotatable bonds is 5. The van der Waals surface area contributed by atoms with E-state index < -0.39 is 5.97 Å². The number of hydrogen-bond acceptors (Lipinski definition) is 7. The fourth-order valence-electron chi connectivity index (χ4n) is 2.50. The third-order valence-corrected chi connectivity index (χ3v) is 3.62. The Balaban J connectivity index is 1.70. The molecule has 0 aliphatic heterocycles. The molecule has 25 heavy (non-hydrogen) atoms. The Morgan fingerprint density at radius 2 is 2.00 bits per heavy atom. The van der Waals surface area contributed by atoms with Gasteiger partial charge in [-0.25, -0.2) is 4.79 Å². The zero-order valence-electron chi connectivity index (χ0n) is 14.4. The van der Waals surface area contributed by atoms with Crippen LogP contribution < -0.4 is 0 Å². The first kappa shape index (κ1) is 16.7. The summed E-state index contributed by atoms with van der Waals surface area (Å²) in [7, 11) is 0. The summed E-state index contributed by atoms with van der Waals surface area (Å²) in [4.78, 5) is 15.8. The molecule has 0 amide bonds. The molecule has 0 fully saturated rings. The lowest BCUT2D eigenvalue weighted by molar-refractivity contribution is -0.139. The number of ether oxygens (including phenoxy) is 1. The van der Waals surface area contributed by atoms with Crippen molar-refractivity contribution in [2.75, 3.05) is 0 Å². The zero-order valence-corrected chi connectivity index (χ0v) is 14.4. The minimum atomic E-state index is -0.488. The van der Waals surface area contributed by atoms with Gasteiger partial charge in [-0.15, -0.1) is 0 Å². The van der Waals surface area contributed by atoms with Gasteiger partial charge in [0.05, 0.1) is 0 Å². The van der Waals surface area contributed by atoms with Crippen molar-refractivity contribution < 1.29 is 18.6 Å². The molecule has 0 atom stereocenters. The Bertz CT molecular complexity index is 933. The lowest BCUT2D eigenvalue weighted by atomic mass is 10.2. The normalized spacial score (nSPS) is 11.4. The van der Waals surface area contributed by atoms with E-state index in [1.54, 1.807) is 13.0 Å². The molecule has 0 radical (unpaired) electrons. The van der Waals surface area contributed by atoms with Gasteiger partial charge in [0.1, 0.15) is 5.76 Å². The van der Waals surface area contributed by atoms with Gasteiger partial charge in [0, 0.05) is 23.5 Å². The SMILES string of the molecule is Cc1noc(COC(=O)C=Cc2cc(C)n(-c3cc(C)on3)c2C)n1. The Labute approximate surface area is 144 Å². The third-order valence-electron chi connectivity index (χ3n) is 3.62. The van der Waals surface area contributed by atoms with Gasteiger partial charge in [-0.2, -0.15) is 4.98 Å². The number of nitrogens with zero attached hydrogens (tertiary/aromatic N) is 4.